The Labute approximate surface area is 176 Å². The largest absolute Gasteiger partial charge is 0.437 e. The fraction of sp³-hybridized carbons (Fsp3) is 0.185. The van der Waals surface area contributed by atoms with E-state index in [9.17, 15) is 0 Å². The van der Waals surface area contributed by atoms with Gasteiger partial charge in [0.25, 0.3) is 0 Å². The third-order valence-electron chi connectivity index (χ3n) is 5.83. The fourth-order valence-electron chi connectivity index (χ4n) is 4.14. The van der Waals surface area contributed by atoms with E-state index in [1.54, 1.807) is 0 Å². The van der Waals surface area contributed by atoms with Gasteiger partial charge in [-0.25, -0.2) is 9.55 Å². The molecule has 3 heteroatoms. The number of hydrogen-bond acceptors (Lipinski definition) is 2. The average Bonchev–Trinajstić information content (AvgIpc) is 3.12. The lowest BCUT2D eigenvalue weighted by Gasteiger charge is -2.07. The molecule has 0 aliphatic carbocycles. The van der Waals surface area contributed by atoms with Gasteiger partial charge in [0, 0.05) is 28.1 Å². The monoisotopic (exact) mass is 393 g/mol. The van der Waals surface area contributed by atoms with Gasteiger partial charge in [0.05, 0.1) is 5.56 Å². The van der Waals surface area contributed by atoms with Gasteiger partial charge in [-0.2, -0.15) is 0 Å². The van der Waals surface area contributed by atoms with E-state index in [4.69, 9.17) is 9.40 Å². The summed E-state index contributed by atoms with van der Waals surface area (Å²) in [4.78, 5) is 4.78. The van der Waals surface area contributed by atoms with Gasteiger partial charge >= 0.3 is 0 Å². The maximum atomic E-state index is 6.36. The van der Waals surface area contributed by atoms with Gasteiger partial charge in [0.15, 0.2) is 11.8 Å². The summed E-state index contributed by atoms with van der Waals surface area (Å²) >= 11 is 0. The molecule has 0 spiro atoms. The van der Waals surface area contributed by atoms with Crippen molar-refractivity contribution in [3.63, 3.8) is 0 Å². The summed E-state index contributed by atoms with van der Waals surface area (Å²) in [5.41, 5.74) is 8.52. The van der Waals surface area contributed by atoms with E-state index in [1.807, 2.05) is 6.07 Å². The molecule has 0 saturated carbocycles. The quantitative estimate of drug-likeness (QED) is 0.324. The highest BCUT2D eigenvalue weighted by Crippen LogP contribution is 2.37. The molecule has 5 rings (SSSR count). The Bertz CT molecular complexity index is 1380. The second kappa shape index (κ2) is 7.10. The highest BCUT2D eigenvalue weighted by atomic mass is 16.3. The standard InChI is InChI=1S/C27H25N2O/c1-17(2)23-14-13-22-21-12-10-18(3)25(26(21)30-27(22)28-23)24-15-11-20(16-29(24)4)19-8-6-5-7-9-19/h5-17H,1-4H3/q+1. The zero-order valence-electron chi connectivity index (χ0n) is 17.8. The fourth-order valence-corrected chi connectivity index (χ4v) is 4.14. The molecule has 3 aromatic heterocycles. The molecule has 0 radical (unpaired) electrons. The minimum Gasteiger partial charge on any atom is -0.437 e. The molecule has 0 bridgehead atoms. The Morgan fingerprint density at radius 3 is 2.33 bits per heavy atom. The van der Waals surface area contributed by atoms with Gasteiger partial charge in [0.2, 0.25) is 11.4 Å². The van der Waals surface area contributed by atoms with Crippen LogP contribution in [0, 0.1) is 6.92 Å². The summed E-state index contributed by atoms with van der Waals surface area (Å²) in [7, 11) is 2.10. The SMILES string of the molecule is Cc1ccc2c(oc3nc(C(C)C)ccc32)c1-c1ccc(-c2ccccc2)c[n+]1C. The molecule has 0 atom stereocenters. The van der Waals surface area contributed by atoms with Crippen LogP contribution >= 0.6 is 0 Å². The second-order valence-corrected chi connectivity index (χ2v) is 8.26. The topological polar surface area (TPSA) is 29.9 Å². The molecule has 5 aromatic rings. The Balaban J connectivity index is 1.72. The van der Waals surface area contributed by atoms with Crippen LogP contribution in [0.4, 0.5) is 0 Å². The molecule has 0 N–H and O–H groups in total. The lowest BCUT2D eigenvalue weighted by atomic mass is 9.99. The molecule has 148 valence electrons. The molecule has 3 nitrogen and oxygen atoms in total. The normalized spacial score (nSPS) is 11.6. The summed E-state index contributed by atoms with van der Waals surface area (Å²) in [6, 6.07) is 23.4. The van der Waals surface area contributed by atoms with Gasteiger partial charge < -0.3 is 4.42 Å². The number of aromatic nitrogens is 2. The first-order valence-electron chi connectivity index (χ1n) is 10.4. The maximum Gasteiger partial charge on any atom is 0.227 e. The molecule has 0 aliphatic heterocycles. The molecule has 0 aliphatic rings. The highest BCUT2D eigenvalue weighted by Gasteiger charge is 2.21. The summed E-state index contributed by atoms with van der Waals surface area (Å²) in [5, 5.41) is 2.18. The van der Waals surface area contributed by atoms with Gasteiger partial charge in [0.1, 0.15) is 7.05 Å². The van der Waals surface area contributed by atoms with E-state index in [0.717, 1.165) is 33.3 Å². The molecule has 3 heterocycles. The lowest BCUT2D eigenvalue weighted by Crippen LogP contribution is -2.30. The summed E-state index contributed by atoms with van der Waals surface area (Å²) in [6.45, 7) is 6.45. The van der Waals surface area contributed by atoms with E-state index in [2.05, 4.69) is 99.2 Å². The van der Waals surface area contributed by atoms with Crippen molar-refractivity contribution in [2.75, 3.05) is 0 Å². The predicted molar refractivity (Wildman–Crippen MR) is 122 cm³/mol. The third-order valence-corrected chi connectivity index (χ3v) is 5.83. The van der Waals surface area contributed by atoms with Crippen LogP contribution in [0.5, 0.6) is 0 Å². The van der Waals surface area contributed by atoms with Crippen LogP contribution in [0.2, 0.25) is 0 Å². The predicted octanol–water partition coefficient (Wildman–Crippen LogP) is 6.57. The second-order valence-electron chi connectivity index (χ2n) is 8.26. The van der Waals surface area contributed by atoms with Crippen molar-refractivity contribution in [1.82, 2.24) is 4.98 Å². The van der Waals surface area contributed by atoms with Crippen LogP contribution < -0.4 is 4.57 Å². The summed E-state index contributed by atoms with van der Waals surface area (Å²) in [6.07, 6.45) is 2.18. The average molecular weight is 394 g/mol. The molecule has 30 heavy (non-hydrogen) atoms. The number of rotatable bonds is 3. The van der Waals surface area contributed by atoms with Crippen LogP contribution in [0.25, 0.3) is 44.5 Å². The molecule has 0 saturated heterocycles. The van der Waals surface area contributed by atoms with Crippen LogP contribution in [0.15, 0.2) is 77.3 Å². The maximum absolute atomic E-state index is 6.36. The Morgan fingerprint density at radius 1 is 0.833 bits per heavy atom. The molecule has 0 unspecified atom stereocenters. The summed E-state index contributed by atoms with van der Waals surface area (Å²) in [5.74, 6) is 0.368. The zero-order chi connectivity index (χ0) is 20.8. The van der Waals surface area contributed by atoms with E-state index in [1.165, 1.54) is 16.7 Å². The Kier molecular flexibility index (Phi) is 4.39. The van der Waals surface area contributed by atoms with Crippen LogP contribution in [0.3, 0.4) is 0 Å². The minimum absolute atomic E-state index is 0.368. The van der Waals surface area contributed by atoms with Crippen molar-refractivity contribution in [2.24, 2.45) is 7.05 Å². The lowest BCUT2D eigenvalue weighted by molar-refractivity contribution is -0.659. The minimum atomic E-state index is 0.368. The molecular formula is C27H25N2O+. The molecule has 0 fully saturated rings. The van der Waals surface area contributed by atoms with Crippen LogP contribution in [-0.2, 0) is 7.05 Å². The first kappa shape index (κ1) is 18.6. The Hall–Kier alpha value is -3.46. The third kappa shape index (κ3) is 2.98. The van der Waals surface area contributed by atoms with E-state index >= 15 is 0 Å². The first-order valence-corrected chi connectivity index (χ1v) is 10.4. The van der Waals surface area contributed by atoms with Crippen molar-refractivity contribution in [3.8, 4) is 22.4 Å². The van der Waals surface area contributed by atoms with Gasteiger partial charge in [-0.3, -0.25) is 0 Å². The van der Waals surface area contributed by atoms with Crippen molar-refractivity contribution >= 4 is 22.1 Å². The smallest absolute Gasteiger partial charge is 0.227 e. The van der Waals surface area contributed by atoms with Gasteiger partial charge in [-0.1, -0.05) is 56.3 Å². The van der Waals surface area contributed by atoms with E-state index in [0.29, 0.717) is 11.6 Å². The highest BCUT2D eigenvalue weighted by molar-refractivity contribution is 6.08. The number of nitrogens with zero attached hydrogens (tertiary/aromatic N) is 2. The summed E-state index contributed by atoms with van der Waals surface area (Å²) < 4.78 is 8.54. The van der Waals surface area contributed by atoms with Crippen molar-refractivity contribution < 1.29 is 8.98 Å². The zero-order valence-corrected chi connectivity index (χ0v) is 17.8. The van der Waals surface area contributed by atoms with Gasteiger partial charge in [-0.15, -0.1) is 0 Å². The number of fused-ring (bicyclic) bond motifs is 3. The van der Waals surface area contributed by atoms with E-state index < -0.39 is 0 Å². The number of furan rings is 1. The van der Waals surface area contributed by atoms with Crippen molar-refractivity contribution in [3.05, 3.63) is 84.2 Å². The van der Waals surface area contributed by atoms with Crippen molar-refractivity contribution in [1.29, 1.82) is 0 Å². The molecule has 0 amide bonds. The van der Waals surface area contributed by atoms with E-state index in [-0.39, 0.29) is 0 Å². The number of hydrogen-bond donors (Lipinski definition) is 0. The first-order chi connectivity index (χ1) is 14.5. The van der Waals surface area contributed by atoms with Crippen molar-refractivity contribution in [2.45, 2.75) is 26.7 Å². The molecular weight excluding hydrogens is 368 g/mol. The van der Waals surface area contributed by atoms with Crippen LogP contribution in [-0.4, -0.2) is 4.98 Å². The van der Waals surface area contributed by atoms with Crippen LogP contribution in [0.1, 0.15) is 31.0 Å². The number of aryl methyl sites for hydroxylation is 2. The van der Waals surface area contributed by atoms with Gasteiger partial charge in [-0.05, 0) is 42.2 Å². The Morgan fingerprint density at radius 2 is 1.60 bits per heavy atom. The number of benzene rings is 2. The number of pyridine rings is 2. The molecule has 2 aromatic carbocycles.